The molecule has 0 fully saturated rings. The lowest BCUT2D eigenvalue weighted by molar-refractivity contribution is 0.102. The van der Waals surface area contributed by atoms with Crippen molar-refractivity contribution in [2.75, 3.05) is 11.1 Å². The lowest BCUT2D eigenvalue weighted by Gasteiger charge is -2.30. The molecule has 0 aliphatic carbocycles. The maximum Gasteiger partial charge on any atom is 0.259 e. The summed E-state index contributed by atoms with van der Waals surface area (Å²) in [7, 11) is 0. The third-order valence-electron chi connectivity index (χ3n) is 7.04. The SMILES string of the molecule is CCC(C)(C)c1ccc(Oc2ccc(N)cc2C(=O)Nc2ccc(C)cc2)c(C(C)(C)CC)c1. The number of rotatable bonds is 8. The van der Waals surface area contributed by atoms with Crippen LogP contribution in [0.25, 0.3) is 0 Å². The highest BCUT2D eigenvalue weighted by Gasteiger charge is 2.27. The molecule has 0 atom stereocenters. The summed E-state index contributed by atoms with van der Waals surface area (Å²) in [6.07, 6.45) is 2.00. The monoisotopic (exact) mass is 458 g/mol. The molecule has 1 amide bonds. The summed E-state index contributed by atoms with van der Waals surface area (Å²) in [4.78, 5) is 13.2. The lowest BCUT2D eigenvalue weighted by atomic mass is 9.76. The second-order valence-corrected chi connectivity index (χ2v) is 10.4. The number of amides is 1. The molecule has 0 unspecified atom stereocenters. The van der Waals surface area contributed by atoms with Crippen LogP contribution in [0.5, 0.6) is 11.5 Å². The minimum absolute atomic E-state index is 0.0668. The average molecular weight is 459 g/mol. The number of ether oxygens (including phenoxy) is 1. The first-order chi connectivity index (χ1) is 16.0. The van der Waals surface area contributed by atoms with Crippen molar-refractivity contribution in [3.05, 3.63) is 82.9 Å². The predicted molar refractivity (Wildman–Crippen MR) is 143 cm³/mol. The third-order valence-corrected chi connectivity index (χ3v) is 7.04. The molecule has 4 heteroatoms. The van der Waals surface area contributed by atoms with Crippen LogP contribution in [0.2, 0.25) is 0 Å². The van der Waals surface area contributed by atoms with Crippen LogP contribution in [-0.4, -0.2) is 5.91 Å². The molecule has 3 N–H and O–H groups in total. The maximum absolute atomic E-state index is 13.2. The molecule has 0 heterocycles. The zero-order valence-electron chi connectivity index (χ0n) is 21.6. The average Bonchev–Trinajstić information content (AvgIpc) is 2.81. The van der Waals surface area contributed by atoms with Crippen LogP contribution in [0.4, 0.5) is 11.4 Å². The number of hydrogen-bond acceptors (Lipinski definition) is 3. The summed E-state index contributed by atoms with van der Waals surface area (Å²) >= 11 is 0. The van der Waals surface area contributed by atoms with Crippen LogP contribution in [0.3, 0.4) is 0 Å². The van der Waals surface area contributed by atoms with Crippen molar-refractivity contribution in [1.82, 2.24) is 0 Å². The second kappa shape index (κ2) is 9.92. The quantitative estimate of drug-likeness (QED) is 0.336. The fourth-order valence-corrected chi connectivity index (χ4v) is 3.73. The number of nitrogens with two attached hydrogens (primary N) is 1. The van der Waals surface area contributed by atoms with Crippen molar-refractivity contribution in [2.24, 2.45) is 0 Å². The molecule has 0 radical (unpaired) electrons. The highest BCUT2D eigenvalue weighted by molar-refractivity contribution is 6.06. The van der Waals surface area contributed by atoms with Gasteiger partial charge in [-0.2, -0.15) is 0 Å². The molecule has 0 aromatic heterocycles. The van der Waals surface area contributed by atoms with E-state index in [9.17, 15) is 4.79 Å². The summed E-state index contributed by atoms with van der Waals surface area (Å²) in [5, 5.41) is 2.96. The molecular formula is C30H38N2O2. The third kappa shape index (κ3) is 5.61. The topological polar surface area (TPSA) is 64.3 Å². The summed E-state index contributed by atoms with van der Waals surface area (Å²) in [6.45, 7) is 15.4. The number of hydrogen-bond donors (Lipinski definition) is 2. The van der Waals surface area contributed by atoms with Crippen LogP contribution < -0.4 is 15.8 Å². The first-order valence-corrected chi connectivity index (χ1v) is 12.1. The fourth-order valence-electron chi connectivity index (χ4n) is 3.73. The highest BCUT2D eigenvalue weighted by atomic mass is 16.5. The molecule has 180 valence electrons. The first-order valence-electron chi connectivity index (χ1n) is 12.1. The molecular weight excluding hydrogens is 420 g/mol. The van der Waals surface area contributed by atoms with Crippen molar-refractivity contribution in [1.29, 1.82) is 0 Å². The summed E-state index contributed by atoms with van der Waals surface area (Å²) in [6, 6.07) is 19.3. The zero-order valence-corrected chi connectivity index (χ0v) is 21.6. The van der Waals surface area contributed by atoms with Crippen LogP contribution in [-0.2, 0) is 10.8 Å². The van der Waals surface area contributed by atoms with Gasteiger partial charge in [0.2, 0.25) is 0 Å². The Labute approximate surface area is 204 Å². The van der Waals surface area contributed by atoms with E-state index < -0.39 is 0 Å². The Morgan fingerprint density at radius 1 is 0.853 bits per heavy atom. The van der Waals surface area contributed by atoms with E-state index in [0.29, 0.717) is 17.0 Å². The van der Waals surface area contributed by atoms with Gasteiger partial charge in [-0.15, -0.1) is 0 Å². The molecule has 4 nitrogen and oxygen atoms in total. The number of benzene rings is 3. The number of carbonyl (C=O) groups is 1. The minimum Gasteiger partial charge on any atom is -0.456 e. The maximum atomic E-state index is 13.2. The Kier molecular flexibility index (Phi) is 7.40. The van der Waals surface area contributed by atoms with Gasteiger partial charge in [0, 0.05) is 16.9 Å². The van der Waals surface area contributed by atoms with Crippen molar-refractivity contribution < 1.29 is 9.53 Å². The molecule has 3 aromatic rings. The Balaban J connectivity index is 2.02. The van der Waals surface area contributed by atoms with Gasteiger partial charge in [0.25, 0.3) is 5.91 Å². The van der Waals surface area contributed by atoms with E-state index in [-0.39, 0.29) is 16.7 Å². The predicted octanol–water partition coefficient (Wildman–Crippen LogP) is 8.00. The smallest absolute Gasteiger partial charge is 0.259 e. The van der Waals surface area contributed by atoms with Gasteiger partial charge in [0.1, 0.15) is 11.5 Å². The van der Waals surface area contributed by atoms with Crippen molar-refractivity contribution >= 4 is 17.3 Å². The minimum atomic E-state index is -0.258. The van der Waals surface area contributed by atoms with E-state index in [2.05, 4.69) is 59.0 Å². The molecule has 3 aromatic carbocycles. The van der Waals surface area contributed by atoms with Crippen LogP contribution in [0, 0.1) is 6.92 Å². The number of carbonyl (C=O) groups excluding carboxylic acids is 1. The largest absolute Gasteiger partial charge is 0.456 e. The standard InChI is InChI=1S/C30H38N2O2/c1-8-29(4,5)21-12-16-27(25(18-21)30(6,7)9-2)34-26-17-13-22(31)19-24(26)28(33)32-23-14-10-20(3)11-15-23/h10-19H,8-9,31H2,1-7H3,(H,32,33). The Bertz CT molecular complexity index is 1160. The van der Waals surface area contributed by atoms with Crippen molar-refractivity contribution in [2.45, 2.75) is 72.1 Å². The summed E-state index contributed by atoms with van der Waals surface area (Å²) in [5.41, 5.74) is 11.2. The second-order valence-electron chi connectivity index (χ2n) is 10.4. The molecule has 3 rings (SSSR count). The lowest BCUT2D eigenvalue weighted by Crippen LogP contribution is -2.21. The van der Waals surface area contributed by atoms with Crippen LogP contribution in [0.15, 0.2) is 60.7 Å². The molecule has 0 spiro atoms. The molecule has 34 heavy (non-hydrogen) atoms. The van der Waals surface area contributed by atoms with Gasteiger partial charge < -0.3 is 15.8 Å². The van der Waals surface area contributed by atoms with E-state index in [1.54, 1.807) is 18.2 Å². The number of aryl methyl sites for hydroxylation is 1. The molecule has 0 saturated heterocycles. The Morgan fingerprint density at radius 2 is 1.47 bits per heavy atom. The fraction of sp³-hybridized carbons (Fsp3) is 0.367. The van der Waals surface area contributed by atoms with Gasteiger partial charge in [-0.3, -0.25) is 4.79 Å². The van der Waals surface area contributed by atoms with Gasteiger partial charge in [-0.25, -0.2) is 0 Å². The van der Waals surface area contributed by atoms with Crippen LogP contribution in [0.1, 0.15) is 81.4 Å². The van der Waals surface area contributed by atoms with Gasteiger partial charge in [-0.05, 0) is 72.6 Å². The van der Waals surface area contributed by atoms with E-state index in [1.165, 1.54) is 5.56 Å². The Hall–Kier alpha value is -3.27. The molecule has 0 saturated carbocycles. The Morgan fingerprint density at radius 3 is 2.09 bits per heavy atom. The van der Waals surface area contributed by atoms with E-state index >= 15 is 0 Å². The molecule has 0 aliphatic heterocycles. The van der Waals surface area contributed by atoms with E-state index in [0.717, 1.165) is 35.4 Å². The van der Waals surface area contributed by atoms with Crippen molar-refractivity contribution in [3.8, 4) is 11.5 Å². The first kappa shape index (κ1) is 25.4. The van der Waals surface area contributed by atoms with Gasteiger partial charge in [-0.1, -0.05) is 71.4 Å². The van der Waals surface area contributed by atoms with E-state index in [4.69, 9.17) is 10.5 Å². The number of nitrogens with one attached hydrogen (secondary N) is 1. The summed E-state index contributed by atoms with van der Waals surface area (Å²) in [5.74, 6) is 0.984. The molecule has 0 aliphatic rings. The highest BCUT2D eigenvalue weighted by Crippen LogP contribution is 2.41. The van der Waals surface area contributed by atoms with Crippen molar-refractivity contribution in [3.63, 3.8) is 0 Å². The van der Waals surface area contributed by atoms with Gasteiger partial charge in [0.05, 0.1) is 5.56 Å². The number of anilines is 2. The molecule has 0 bridgehead atoms. The number of nitrogen functional groups attached to an aromatic ring is 1. The van der Waals surface area contributed by atoms with E-state index in [1.807, 2.05) is 37.3 Å². The van der Waals surface area contributed by atoms with Gasteiger partial charge in [0.15, 0.2) is 0 Å². The zero-order chi connectivity index (χ0) is 25.1. The summed E-state index contributed by atoms with van der Waals surface area (Å²) < 4.78 is 6.45. The normalized spacial score (nSPS) is 11.9. The van der Waals surface area contributed by atoms with Gasteiger partial charge >= 0.3 is 0 Å². The van der Waals surface area contributed by atoms with Crippen LogP contribution >= 0.6 is 0 Å².